The molecule has 0 aliphatic carbocycles. The third-order valence-electron chi connectivity index (χ3n) is 10.3. The van der Waals surface area contributed by atoms with Gasteiger partial charge < -0.3 is 13.7 Å². The number of para-hydroxylation sites is 1. The zero-order chi connectivity index (χ0) is 35.6. The number of thiophene rings is 1. The molecular weight excluding hydrogens is 681 g/mol. The van der Waals surface area contributed by atoms with E-state index in [2.05, 4.69) is 144 Å². The Morgan fingerprint density at radius 1 is 0.426 bits per heavy atom. The van der Waals surface area contributed by atoms with Gasteiger partial charge in [-0.15, -0.1) is 11.3 Å². The third kappa shape index (κ3) is 5.01. The standard InChI is InChI=1S/C49H30N2O2S/c1-3-10-31(11-4-1)32-18-22-35(23-19-32)51(37-26-29-45-41(30-37)39-14-7-8-17-44(39)54-45)36-24-20-33(21-25-36)38-15-9-16-40-46-42(52-48(38)40)27-28-43-47(46)50-49(53-43)34-12-5-2-6-13-34/h1-30H. The highest BCUT2D eigenvalue weighted by Crippen LogP contribution is 2.43. The van der Waals surface area contributed by atoms with Gasteiger partial charge in [0.2, 0.25) is 5.89 Å². The van der Waals surface area contributed by atoms with Crippen molar-refractivity contribution in [2.24, 2.45) is 0 Å². The molecule has 0 amide bonds. The summed E-state index contributed by atoms with van der Waals surface area (Å²) in [4.78, 5) is 7.29. The number of hydrogen-bond donors (Lipinski definition) is 0. The summed E-state index contributed by atoms with van der Waals surface area (Å²) in [5.74, 6) is 0.602. The zero-order valence-electron chi connectivity index (χ0n) is 28.9. The van der Waals surface area contributed by atoms with E-state index in [0.29, 0.717) is 5.89 Å². The summed E-state index contributed by atoms with van der Waals surface area (Å²) in [7, 11) is 0. The van der Waals surface area contributed by atoms with E-state index < -0.39 is 0 Å². The lowest BCUT2D eigenvalue weighted by Crippen LogP contribution is -2.09. The number of hydrogen-bond acceptors (Lipinski definition) is 5. The second kappa shape index (κ2) is 12.3. The van der Waals surface area contributed by atoms with Crippen LogP contribution in [0.15, 0.2) is 191 Å². The summed E-state index contributed by atoms with van der Waals surface area (Å²) in [6, 6.07) is 64.0. The Morgan fingerprint density at radius 2 is 1.04 bits per heavy atom. The smallest absolute Gasteiger partial charge is 0.227 e. The van der Waals surface area contributed by atoms with Gasteiger partial charge in [0, 0.05) is 53.7 Å². The molecule has 4 nitrogen and oxygen atoms in total. The van der Waals surface area contributed by atoms with E-state index in [1.165, 1.54) is 31.3 Å². The Bertz CT molecular complexity index is 3140. The fourth-order valence-electron chi connectivity index (χ4n) is 7.73. The summed E-state index contributed by atoms with van der Waals surface area (Å²) < 4.78 is 15.4. The number of nitrogens with zero attached hydrogens (tertiary/aromatic N) is 2. The molecule has 5 heteroatoms. The highest BCUT2D eigenvalue weighted by molar-refractivity contribution is 7.25. The second-order valence-electron chi connectivity index (χ2n) is 13.5. The molecule has 0 radical (unpaired) electrons. The Kier molecular flexibility index (Phi) is 7.00. The fraction of sp³-hybridized carbons (Fsp3) is 0. The van der Waals surface area contributed by atoms with Crippen LogP contribution in [0, 0.1) is 0 Å². The van der Waals surface area contributed by atoms with Crippen LogP contribution < -0.4 is 4.90 Å². The van der Waals surface area contributed by atoms with E-state index in [9.17, 15) is 0 Å². The molecule has 11 rings (SSSR count). The van der Waals surface area contributed by atoms with Crippen LogP contribution in [0.2, 0.25) is 0 Å². The van der Waals surface area contributed by atoms with Crippen molar-refractivity contribution >= 4 is 81.6 Å². The SMILES string of the molecule is c1ccc(-c2ccc(N(c3ccc(-c4cccc5c4oc4ccc6oc(-c7ccccc7)nc6c45)cc3)c3ccc4sc5ccccc5c4c3)cc2)cc1. The van der Waals surface area contributed by atoms with Crippen molar-refractivity contribution in [1.82, 2.24) is 4.98 Å². The molecule has 54 heavy (non-hydrogen) atoms. The number of oxazole rings is 1. The molecule has 3 aromatic heterocycles. The van der Waals surface area contributed by atoms with E-state index in [1.807, 2.05) is 53.8 Å². The molecule has 0 saturated heterocycles. The molecule has 0 fully saturated rings. The van der Waals surface area contributed by atoms with Gasteiger partial charge in [0.05, 0.1) is 5.39 Å². The van der Waals surface area contributed by atoms with E-state index in [4.69, 9.17) is 13.8 Å². The maximum absolute atomic E-state index is 6.60. The molecule has 0 spiro atoms. The van der Waals surface area contributed by atoms with Crippen molar-refractivity contribution < 1.29 is 8.83 Å². The van der Waals surface area contributed by atoms with Gasteiger partial charge in [0.25, 0.3) is 0 Å². The van der Waals surface area contributed by atoms with Crippen LogP contribution in [0.25, 0.3) is 86.9 Å². The molecule has 3 heterocycles. The number of rotatable bonds is 6. The Balaban J connectivity index is 1.02. The minimum Gasteiger partial charge on any atom is -0.455 e. The van der Waals surface area contributed by atoms with E-state index >= 15 is 0 Å². The first-order valence-electron chi connectivity index (χ1n) is 18.0. The largest absolute Gasteiger partial charge is 0.455 e. The van der Waals surface area contributed by atoms with Crippen LogP contribution in [0.3, 0.4) is 0 Å². The monoisotopic (exact) mass is 710 g/mol. The summed E-state index contributed by atoms with van der Waals surface area (Å²) in [6.07, 6.45) is 0. The third-order valence-corrected chi connectivity index (χ3v) is 11.5. The molecule has 254 valence electrons. The van der Waals surface area contributed by atoms with Crippen LogP contribution in [-0.4, -0.2) is 4.98 Å². The molecule has 0 N–H and O–H groups in total. The van der Waals surface area contributed by atoms with E-state index in [-0.39, 0.29) is 0 Å². The minimum absolute atomic E-state index is 0.602. The first kappa shape index (κ1) is 30.7. The molecule has 8 aromatic carbocycles. The van der Waals surface area contributed by atoms with Crippen molar-refractivity contribution in [3.8, 4) is 33.7 Å². The van der Waals surface area contributed by atoms with Gasteiger partial charge in [0.15, 0.2) is 5.58 Å². The Labute approximate surface area is 314 Å². The lowest BCUT2D eigenvalue weighted by molar-refractivity contribution is 0.619. The van der Waals surface area contributed by atoms with Gasteiger partial charge >= 0.3 is 0 Å². The molecule has 0 aliphatic rings. The van der Waals surface area contributed by atoms with Gasteiger partial charge in [-0.3, -0.25) is 0 Å². The van der Waals surface area contributed by atoms with Crippen LogP contribution >= 0.6 is 11.3 Å². The van der Waals surface area contributed by atoms with Gasteiger partial charge in [0.1, 0.15) is 16.7 Å². The van der Waals surface area contributed by atoms with Crippen molar-refractivity contribution in [1.29, 1.82) is 0 Å². The maximum Gasteiger partial charge on any atom is 0.227 e. The predicted octanol–water partition coefficient (Wildman–Crippen LogP) is 14.6. The average Bonchev–Trinajstić information content (AvgIpc) is 3.95. The maximum atomic E-state index is 6.60. The number of aromatic nitrogens is 1. The number of benzene rings is 8. The fourth-order valence-corrected chi connectivity index (χ4v) is 8.82. The normalized spacial score (nSPS) is 11.7. The molecule has 0 atom stereocenters. The molecular formula is C49H30N2O2S. The highest BCUT2D eigenvalue weighted by atomic mass is 32.1. The van der Waals surface area contributed by atoms with Gasteiger partial charge in [-0.05, 0) is 89.5 Å². The predicted molar refractivity (Wildman–Crippen MR) is 225 cm³/mol. The summed E-state index contributed by atoms with van der Waals surface area (Å²) in [6.45, 7) is 0. The molecule has 0 saturated carbocycles. The van der Waals surface area contributed by atoms with E-state index in [1.54, 1.807) is 0 Å². The molecule has 11 aromatic rings. The lowest BCUT2D eigenvalue weighted by Gasteiger charge is -2.26. The number of furan rings is 1. The van der Waals surface area contributed by atoms with Crippen molar-refractivity contribution in [2.75, 3.05) is 4.90 Å². The van der Waals surface area contributed by atoms with Crippen LogP contribution in [-0.2, 0) is 0 Å². The summed E-state index contributed by atoms with van der Waals surface area (Å²) in [5.41, 5.74) is 11.9. The van der Waals surface area contributed by atoms with Crippen molar-refractivity contribution in [3.63, 3.8) is 0 Å². The van der Waals surface area contributed by atoms with Crippen molar-refractivity contribution in [2.45, 2.75) is 0 Å². The van der Waals surface area contributed by atoms with Gasteiger partial charge in [-0.1, -0.05) is 109 Å². The zero-order valence-corrected chi connectivity index (χ0v) is 29.8. The van der Waals surface area contributed by atoms with E-state index in [0.717, 1.165) is 66.8 Å². The average molecular weight is 711 g/mol. The molecule has 0 bridgehead atoms. The van der Waals surface area contributed by atoms with Crippen LogP contribution in [0.1, 0.15) is 0 Å². The topological polar surface area (TPSA) is 42.4 Å². The summed E-state index contributed by atoms with van der Waals surface area (Å²) >= 11 is 1.84. The molecule has 0 aliphatic heterocycles. The first-order chi connectivity index (χ1) is 26.7. The Hall–Kier alpha value is -6.95. The summed E-state index contributed by atoms with van der Waals surface area (Å²) in [5, 5.41) is 4.53. The van der Waals surface area contributed by atoms with Crippen LogP contribution in [0.4, 0.5) is 17.1 Å². The number of anilines is 3. The highest BCUT2D eigenvalue weighted by Gasteiger charge is 2.20. The van der Waals surface area contributed by atoms with Gasteiger partial charge in [-0.25, -0.2) is 4.98 Å². The first-order valence-corrected chi connectivity index (χ1v) is 18.8. The van der Waals surface area contributed by atoms with Crippen LogP contribution in [0.5, 0.6) is 0 Å². The Morgan fingerprint density at radius 3 is 1.81 bits per heavy atom. The lowest BCUT2D eigenvalue weighted by atomic mass is 10.0. The quantitative estimate of drug-likeness (QED) is 0.172. The molecule has 0 unspecified atom stereocenters. The second-order valence-corrected chi connectivity index (χ2v) is 14.6. The van der Waals surface area contributed by atoms with Gasteiger partial charge in [-0.2, -0.15) is 0 Å². The number of fused-ring (bicyclic) bond motifs is 8. The van der Waals surface area contributed by atoms with Crippen molar-refractivity contribution in [3.05, 3.63) is 182 Å². The minimum atomic E-state index is 0.602.